The highest BCUT2D eigenvalue weighted by molar-refractivity contribution is 7.89. The smallest absolute Gasteiger partial charge is 0.326 e. The molecule has 12 heteroatoms. The number of fused-ring (bicyclic) bond motifs is 1. The van der Waals surface area contributed by atoms with E-state index in [-0.39, 0.29) is 37.1 Å². The molecule has 0 bridgehead atoms. The van der Waals surface area contributed by atoms with Crippen LogP contribution in [0, 0.1) is 5.92 Å². The first-order valence-electron chi connectivity index (χ1n) is 10.3. The van der Waals surface area contributed by atoms with Crippen molar-refractivity contribution >= 4 is 33.4 Å². The van der Waals surface area contributed by atoms with E-state index < -0.39 is 50.3 Å². The summed E-state index contributed by atoms with van der Waals surface area (Å²) < 4.78 is 66.6. The molecule has 34 heavy (non-hydrogen) atoms. The normalized spacial score (nSPS) is 17.7. The minimum atomic E-state index is -4.82. The first kappa shape index (κ1) is 23.9. The van der Waals surface area contributed by atoms with Gasteiger partial charge in [-0.3, -0.25) is 19.3 Å². The SMILES string of the molecule is CN1C(=O)c2ccc(NC(=O)C3CCN(S(=O)(=O)c4ccccc4C(F)(F)F)CC3)cc2C1=O. The first-order chi connectivity index (χ1) is 15.9. The van der Waals surface area contributed by atoms with Crippen LogP contribution in [-0.4, -0.2) is 55.5 Å². The lowest BCUT2D eigenvalue weighted by Crippen LogP contribution is -2.41. The van der Waals surface area contributed by atoms with Crippen LogP contribution in [0.4, 0.5) is 18.9 Å². The molecule has 1 N–H and O–H groups in total. The number of carbonyl (C=O) groups excluding carboxylic acids is 3. The van der Waals surface area contributed by atoms with Crippen molar-refractivity contribution in [2.24, 2.45) is 5.92 Å². The summed E-state index contributed by atoms with van der Waals surface area (Å²) in [6.07, 6.45) is -4.59. The number of nitrogens with zero attached hydrogens (tertiary/aromatic N) is 2. The minimum absolute atomic E-state index is 0.115. The summed E-state index contributed by atoms with van der Waals surface area (Å²) in [6, 6.07) is 8.35. The van der Waals surface area contributed by atoms with E-state index in [1.165, 1.54) is 31.3 Å². The molecule has 180 valence electrons. The average molecular weight is 495 g/mol. The molecule has 3 amide bonds. The second-order valence-corrected chi connectivity index (χ2v) is 10.00. The van der Waals surface area contributed by atoms with E-state index in [1.54, 1.807) is 0 Å². The number of sulfonamides is 1. The van der Waals surface area contributed by atoms with Gasteiger partial charge in [-0.15, -0.1) is 0 Å². The van der Waals surface area contributed by atoms with Crippen molar-refractivity contribution in [2.45, 2.75) is 23.9 Å². The van der Waals surface area contributed by atoms with Crippen LogP contribution in [0.1, 0.15) is 39.1 Å². The van der Waals surface area contributed by atoms with Gasteiger partial charge in [0.2, 0.25) is 15.9 Å². The lowest BCUT2D eigenvalue weighted by Gasteiger charge is -2.31. The summed E-state index contributed by atoms with van der Waals surface area (Å²) in [5.74, 6) is -1.89. The van der Waals surface area contributed by atoms with E-state index in [9.17, 15) is 36.0 Å². The van der Waals surface area contributed by atoms with Gasteiger partial charge in [0, 0.05) is 31.7 Å². The van der Waals surface area contributed by atoms with Crippen molar-refractivity contribution in [3.05, 3.63) is 59.2 Å². The van der Waals surface area contributed by atoms with Gasteiger partial charge in [-0.05, 0) is 43.2 Å². The number of anilines is 1. The Morgan fingerprint density at radius 1 is 1.00 bits per heavy atom. The maximum Gasteiger partial charge on any atom is 0.417 e. The molecule has 0 aromatic heterocycles. The molecule has 0 saturated carbocycles. The standard InChI is InChI=1S/C22H20F3N3O5S/c1-27-20(30)15-7-6-14(12-16(15)21(27)31)26-19(29)13-8-10-28(11-9-13)34(32,33)18-5-3-2-4-17(18)22(23,24)25/h2-7,12-13H,8-11H2,1H3,(H,26,29). The highest BCUT2D eigenvalue weighted by atomic mass is 32.2. The van der Waals surface area contributed by atoms with Crippen LogP contribution >= 0.6 is 0 Å². The Morgan fingerprint density at radius 3 is 2.26 bits per heavy atom. The van der Waals surface area contributed by atoms with E-state index >= 15 is 0 Å². The Balaban J connectivity index is 1.44. The fraction of sp³-hybridized carbons (Fsp3) is 0.318. The van der Waals surface area contributed by atoms with Gasteiger partial charge >= 0.3 is 6.18 Å². The van der Waals surface area contributed by atoms with Gasteiger partial charge in [-0.2, -0.15) is 17.5 Å². The Hall–Kier alpha value is -3.25. The van der Waals surface area contributed by atoms with Gasteiger partial charge in [0.1, 0.15) is 0 Å². The van der Waals surface area contributed by atoms with Gasteiger partial charge in [0.25, 0.3) is 11.8 Å². The molecular formula is C22H20F3N3O5S. The maximum absolute atomic E-state index is 13.3. The third-order valence-electron chi connectivity index (χ3n) is 5.99. The van der Waals surface area contributed by atoms with E-state index in [0.717, 1.165) is 27.4 Å². The van der Waals surface area contributed by atoms with Crippen molar-refractivity contribution < 1.29 is 36.0 Å². The Kier molecular flexibility index (Phi) is 5.98. The van der Waals surface area contributed by atoms with Gasteiger partial charge in [-0.1, -0.05) is 12.1 Å². The van der Waals surface area contributed by atoms with Crippen LogP contribution in [0.2, 0.25) is 0 Å². The number of rotatable bonds is 4. The lowest BCUT2D eigenvalue weighted by atomic mass is 9.97. The minimum Gasteiger partial charge on any atom is -0.326 e. The number of piperidine rings is 1. The van der Waals surface area contributed by atoms with E-state index in [4.69, 9.17) is 0 Å². The van der Waals surface area contributed by atoms with Crippen LogP contribution in [-0.2, 0) is 21.0 Å². The molecule has 2 aromatic carbocycles. The summed E-state index contributed by atoms with van der Waals surface area (Å²) in [7, 11) is -3.04. The van der Waals surface area contributed by atoms with Crippen LogP contribution in [0.25, 0.3) is 0 Å². The molecule has 0 unspecified atom stereocenters. The molecule has 0 spiro atoms. The molecule has 0 atom stereocenters. The highest BCUT2D eigenvalue weighted by Gasteiger charge is 2.40. The number of hydrogen-bond donors (Lipinski definition) is 1. The third-order valence-corrected chi connectivity index (χ3v) is 7.95. The van der Waals surface area contributed by atoms with E-state index in [1.807, 2.05) is 0 Å². The Morgan fingerprint density at radius 2 is 1.62 bits per heavy atom. The maximum atomic E-state index is 13.3. The van der Waals surface area contributed by atoms with Crippen molar-refractivity contribution in [2.75, 3.05) is 25.5 Å². The fourth-order valence-corrected chi connectivity index (χ4v) is 5.79. The zero-order chi connectivity index (χ0) is 24.8. The zero-order valence-electron chi connectivity index (χ0n) is 17.9. The Labute approximate surface area is 193 Å². The molecule has 8 nitrogen and oxygen atoms in total. The van der Waals surface area contributed by atoms with Gasteiger partial charge < -0.3 is 5.32 Å². The summed E-state index contributed by atoms with van der Waals surface area (Å²) >= 11 is 0. The predicted octanol–water partition coefficient (Wildman–Crippen LogP) is 2.97. The third kappa shape index (κ3) is 4.18. The summed E-state index contributed by atoms with van der Waals surface area (Å²) in [5.41, 5.74) is -0.503. The number of carbonyl (C=O) groups is 3. The summed E-state index contributed by atoms with van der Waals surface area (Å²) in [6.45, 7) is -0.233. The second-order valence-electron chi connectivity index (χ2n) is 8.09. The number of nitrogens with one attached hydrogen (secondary N) is 1. The van der Waals surface area contributed by atoms with Crippen molar-refractivity contribution in [1.82, 2.24) is 9.21 Å². The lowest BCUT2D eigenvalue weighted by molar-refractivity contribution is -0.139. The monoisotopic (exact) mass is 495 g/mol. The van der Waals surface area contributed by atoms with Gasteiger partial charge in [0.15, 0.2) is 0 Å². The number of alkyl halides is 3. The number of hydrogen-bond acceptors (Lipinski definition) is 5. The second kappa shape index (κ2) is 8.51. The molecule has 2 aliphatic heterocycles. The average Bonchev–Trinajstić information content (AvgIpc) is 3.02. The van der Waals surface area contributed by atoms with Crippen LogP contribution in [0.5, 0.6) is 0 Å². The van der Waals surface area contributed by atoms with E-state index in [0.29, 0.717) is 5.69 Å². The summed E-state index contributed by atoms with van der Waals surface area (Å²) in [5, 5.41) is 2.67. The van der Waals surface area contributed by atoms with Crippen LogP contribution in [0.15, 0.2) is 47.4 Å². The van der Waals surface area contributed by atoms with Crippen LogP contribution in [0.3, 0.4) is 0 Å². The molecule has 2 heterocycles. The first-order valence-corrected chi connectivity index (χ1v) is 11.8. The largest absolute Gasteiger partial charge is 0.417 e. The molecule has 4 rings (SSSR count). The van der Waals surface area contributed by atoms with E-state index in [2.05, 4.69) is 5.32 Å². The molecule has 1 saturated heterocycles. The van der Waals surface area contributed by atoms with Crippen molar-refractivity contribution in [1.29, 1.82) is 0 Å². The van der Waals surface area contributed by atoms with Crippen molar-refractivity contribution in [3.8, 4) is 0 Å². The molecule has 2 aromatic rings. The molecular weight excluding hydrogens is 475 g/mol. The highest BCUT2D eigenvalue weighted by Crippen LogP contribution is 2.36. The quantitative estimate of drug-likeness (QED) is 0.657. The number of imide groups is 1. The van der Waals surface area contributed by atoms with Crippen molar-refractivity contribution in [3.63, 3.8) is 0 Å². The van der Waals surface area contributed by atoms with Gasteiger partial charge in [0.05, 0.1) is 21.6 Å². The Bertz CT molecular complexity index is 1280. The predicted molar refractivity (Wildman–Crippen MR) is 114 cm³/mol. The van der Waals surface area contributed by atoms with Crippen LogP contribution < -0.4 is 5.32 Å². The topological polar surface area (TPSA) is 104 Å². The number of halogens is 3. The molecule has 1 fully saturated rings. The zero-order valence-corrected chi connectivity index (χ0v) is 18.7. The van der Waals surface area contributed by atoms with Gasteiger partial charge in [-0.25, -0.2) is 8.42 Å². The molecule has 0 aliphatic carbocycles. The molecule has 2 aliphatic rings. The number of benzene rings is 2. The summed E-state index contributed by atoms with van der Waals surface area (Å²) in [4.78, 5) is 37.0. The molecule has 0 radical (unpaired) electrons. The fourth-order valence-electron chi connectivity index (χ4n) is 4.11. The number of amides is 3.